The van der Waals surface area contributed by atoms with Gasteiger partial charge in [-0.2, -0.15) is 11.8 Å². The molecule has 0 N–H and O–H groups in total. The summed E-state index contributed by atoms with van der Waals surface area (Å²) in [7, 11) is 0. The molecule has 0 aliphatic rings. The molecule has 1 rings (SSSR count). The van der Waals surface area contributed by atoms with Crippen LogP contribution in [-0.4, -0.2) is 23.8 Å². The largest absolute Gasteiger partial charge is 0.207 e. The van der Waals surface area contributed by atoms with E-state index < -0.39 is 0 Å². The van der Waals surface area contributed by atoms with Crippen molar-refractivity contribution in [1.82, 2.24) is 0 Å². The van der Waals surface area contributed by atoms with E-state index in [1.165, 1.54) is 12.1 Å². The summed E-state index contributed by atoms with van der Waals surface area (Å²) >= 11 is 13.9. The van der Waals surface area contributed by atoms with Gasteiger partial charge >= 0.3 is 0 Å². The zero-order chi connectivity index (χ0) is 12.0. The summed E-state index contributed by atoms with van der Waals surface area (Å²) < 4.78 is 12.9. The molecule has 16 heavy (non-hydrogen) atoms. The van der Waals surface area contributed by atoms with Gasteiger partial charge in [-0.1, -0.05) is 12.1 Å². The second-order valence-electron chi connectivity index (χ2n) is 3.80. The molecule has 0 saturated carbocycles. The average molecular weight is 281 g/mol. The van der Waals surface area contributed by atoms with E-state index in [0.717, 1.165) is 17.7 Å². The molecule has 1 aromatic rings. The third-order valence-corrected chi connectivity index (χ3v) is 4.39. The molecule has 90 valence electrons. The SMILES string of the molecule is CSCCC(CCl)(CCl)c1ccc(F)cc1. The van der Waals surface area contributed by atoms with Crippen molar-refractivity contribution >= 4 is 35.0 Å². The van der Waals surface area contributed by atoms with Crippen LogP contribution in [0.25, 0.3) is 0 Å². The summed E-state index contributed by atoms with van der Waals surface area (Å²) in [6.45, 7) is 0. The molecular weight excluding hydrogens is 266 g/mol. The Morgan fingerprint density at radius 1 is 1.19 bits per heavy atom. The maximum atomic E-state index is 12.9. The summed E-state index contributed by atoms with van der Waals surface area (Å²) in [6, 6.07) is 6.48. The molecular formula is C12H15Cl2FS. The molecule has 0 saturated heterocycles. The molecule has 0 heterocycles. The molecule has 0 aliphatic carbocycles. The van der Waals surface area contributed by atoms with E-state index in [-0.39, 0.29) is 11.2 Å². The molecule has 0 radical (unpaired) electrons. The lowest BCUT2D eigenvalue weighted by atomic mass is 9.82. The van der Waals surface area contributed by atoms with Crippen molar-refractivity contribution in [2.24, 2.45) is 0 Å². The first-order chi connectivity index (χ1) is 7.68. The molecule has 0 bridgehead atoms. The van der Waals surface area contributed by atoms with Gasteiger partial charge in [0.1, 0.15) is 5.82 Å². The molecule has 0 amide bonds. The molecule has 4 heteroatoms. The third-order valence-electron chi connectivity index (χ3n) is 2.75. The van der Waals surface area contributed by atoms with E-state index in [1.807, 2.05) is 0 Å². The smallest absolute Gasteiger partial charge is 0.123 e. The first-order valence-electron chi connectivity index (χ1n) is 5.05. The van der Waals surface area contributed by atoms with Gasteiger partial charge in [0.15, 0.2) is 0 Å². The van der Waals surface area contributed by atoms with E-state index in [9.17, 15) is 4.39 Å². The van der Waals surface area contributed by atoms with Gasteiger partial charge in [0.25, 0.3) is 0 Å². The summed E-state index contributed by atoms with van der Waals surface area (Å²) in [6.07, 6.45) is 2.96. The number of rotatable bonds is 6. The van der Waals surface area contributed by atoms with Crippen molar-refractivity contribution in [1.29, 1.82) is 0 Å². The maximum Gasteiger partial charge on any atom is 0.123 e. The molecule has 0 fully saturated rings. The minimum Gasteiger partial charge on any atom is -0.207 e. The predicted octanol–water partition coefficient (Wildman–Crippen LogP) is 4.29. The number of alkyl halides is 2. The minimum atomic E-state index is -0.236. The van der Waals surface area contributed by atoms with E-state index in [1.54, 1.807) is 23.9 Å². The van der Waals surface area contributed by atoms with Gasteiger partial charge in [0.2, 0.25) is 0 Å². The fourth-order valence-corrected chi connectivity index (χ4v) is 3.03. The molecule has 1 aromatic carbocycles. The van der Waals surface area contributed by atoms with Crippen LogP contribution in [0.1, 0.15) is 12.0 Å². The maximum absolute atomic E-state index is 12.9. The summed E-state index contributed by atoms with van der Waals surface area (Å²) in [5.41, 5.74) is 0.785. The lowest BCUT2D eigenvalue weighted by molar-refractivity contribution is 0.522. The van der Waals surface area contributed by atoms with Crippen LogP contribution in [0.4, 0.5) is 4.39 Å². The van der Waals surface area contributed by atoms with Gasteiger partial charge < -0.3 is 0 Å². The van der Waals surface area contributed by atoms with Crippen LogP contribution in [-0.2, 0) is 5.41 Å². The van der Waals surface area contributed by atoms with E-state index >= 15 is 0 Å². The van der Waals surface area contributed by atoms with Gasteiger partial charge in [0.05, 0.1) is 0 Å². The lowest BCUT2D eigenvalue weighted by Crippen LogP contribution is -2.31. The average Bonchev–Trinajstić information content (AvgIpc) is 2.33. The van der Waals surface area contributed by atoms with Gasteiger partial charge in [-0.05, 0) is 36.1 Å². The highest BCUT2D eigenvalue weighted by molar-refractivity contribution is 7.98. The van der Waals surface area contributed by atoms with Crippen LogP contribution in [0.5, 0.6) is 0 Å². The Kier molecular flexibility index (Phi) is 5.95. The zero-order valence-corrected chi connectivity index (χ0v) is 11.5. The number of halogens is 3. The standard InChI is InChI=1S/C12H15Cl2FS/c1-16-7-6-12(8-13,9-14)10-2-4-11(15)5-3-10/h2-5H,6-9H2,1H3. The second-order valence-corrected chi connectivity index (χ2v) is 5.32. The van der Waals surface area contributed by atoms with Crippen molar-refractivity contribution in [3.63, 3.8) is 0 Å². The number of thioether (sulfide) groups is 1. The fraction of sp³-hybridized carbons (Fsp3) is 0.500. The quantitative estimate of drug-likeness (QED) is 0.701. The fourth-order valence-electron chi connectivity index (χ4n) is 1.57. The van der Waals surface area contributed by atoms with E-state index in [2.05, 4.69) is 6.26 Å². The Balaban J connectivity index is 2.95. The molecule has 0 atom stereocenters. The lowest BCUT2D eigenvalue weighted by Gasteiger charge is -2.30. The molecule has 0 nitrogen and oxygen atoms in total. The molecule has 0 unspecified atom stereocenters. The van der Waals surface area contributed by atoms with E-state index in [4.69, 9.17) is 23.2 Å². The van der Waals surface area contributed by atoms with Crippen LogP contribution in [0, 0.1) is 5.82 Å². The number of hydrogen-bond acceptors (Lipinski definition) is 1. The Morgan fingerprint density at radius 2 is 1.75 bits per heavy atom. The van der Waals surface area contributed by atoms with Crippen molar-refractivity contribution in [2.75, 3.05) is 23.8 Å². The topological polar surface area (TPSA) is 0 Å². The van der Waals surface area contributed by atoms with Gasteiger partial charge in [-0.3, -0.25) is 0 Å². The number of hydrogen-bond donors (Lipinski definition) is 0. The van der Waals surface area contributed by atoms with Crippen LogP contribution in [0.15, 0.2) is 24.3 Å². The van der Waals surface area contributed by atoms with Gasteiger partial charge in [0, 0.05) is 17.2 Å². The Bertz CT molecular complexity index is 309. The van der Waals surface area contributed by atoms with Crippen LogP contribution < -0.4 is 0 Å². The molecule has 0 spiro atoms. The van der Waals surface area contributed by atoms with Crippen molar-refractivity contribution in [2.45, 2.75) is 11.8 Å². The van der Waals surface area contributed by atoms with Gasteiger partial charge in [-0.15, -0.1) is 23.2 Å². The molecule has 0 aliphatic heterocycles. The van der Waals surface area contributed by atoms with Crippen molar-refractivity contribution in [3.8, 4) is 0 Å². The number of benzene rings is 1. The minimum absolute atomic E-state index is 0.230. The summed E-state index contributed by atoms with van der Waals surface area (Å²) in [4.78, 5) is 0. The predicted molar refractivity (Wildman–Crippen MR) is 72.5 cm³/mol. The highest BCUT2D eigenvalue weighted by Gasteiger charge is 2.30. The van der Waals surface area contributed by atoms with Crippen molar-refractivity contribution in [3.05, 3.63) is 35.6 Å². The summed E-state index contributed by atoms with van der Waals surface area (Å²) in [5, 5.41) is 0. The van der Waals surface area contributed by atoms with Crippen LogP contribution in [0.2, 0.25) is 0 Å². The first kappa shape index (κ1) is 14.1. The second kappa shape index (κ2) is 6.73. The van der Waals surface area contributed by atoms with E-state index in [0.29, 0.717) is 11.8 Å². The van der Waals surface area contributed by atoms with Gasteiger partial charge in [-0.25, -0.2) is 4.39 Å². The monoisotopic (exact) mass is 280 g/mol. The highest BCUT2D eigenvalue weighted by atomic mass is 35.5. The normalized spacial score (nSPS) is 11.8. The van der Waals surface area contributed by atoms with Crippen LogP contribution >= 0.6 is 35.0 Å². The molecule has 0 aromatic heterocycles. The Labute approximate surface area is 111 Å². The Hall–Kier alpha value is 0.0800. The highest BCUT2D eigenvalue weighted by Crippen LogP contribution is 2.32. The van der Waals surface area contributed by atoms with Crippen LogP contribution in [0.3, 0.4) is 0 Å². The third kappa shape index (κ3) is 3.28. The summed E-state index contributed by atoms with van der Waals surface area (Å²) in [5.74, 6) is 1.69. The van der Waals surface area contributed by atoms with Crippen molar-refractivity contribution < 1.29 is 4.39 Å². The Morgan fingerprint density at radius 3 is 2.19 bits per heavy atom. The first-order valence-corrected chi connectivity index (χ1v) is 7.52. The zero-order valence-electron chi connectivity index (χ0n) is 9.18.